The second-order valence-electron chi connectivity index (χ2n) is 4.19. The number of alkyl halides is 3. The quantitative estimate of drug-likeness (QED) is 0.478. The molecule has 0 bridgehead atoms. The lowest BCUT2D eigenvalue weighted by atomic mass is 9.96. The van der Waals surface area contributed by atoms with Crippen LogP contribution in [0, 0.1) is 0 Å². The van der Waals surface area contributed by atoms with Crippen LogP contribution in [-0.4, -0.2) is 10.2 Å². The van der Waals surface area contributed by atoms with Gasteiger partial charge in [0.15, 0.2) is 0 Å². The van der Waals surface area contributed by atoms with Crippen LogP contribution in [0.4, 0.5) is 24.5 Å². The highest BCUT2D eigenvalue weighted by atomic mass is 19.4. The van der Waals surface area contributed by atoms with Gasteiger partial charge in [0, 0.05) is 0 Å². The molecule has 7 heteroatoms. The number of hydrogen-bond donors (Lipinski definition) is 4. The Balaban J connectivity index is 2.74. The predicted molar refractivity (Wildman–Crippen MR) is 69.0 cm³/mol. The van der Waals surface area contributed by atoms with E-state index in [1.807, 2.05) is 0 Å². The highest BCUT2D eigenvalue weighted by Gasteiger charge is 2.37. The van der Waals surface area contributed by atoms with Crippen LogP contribution in [0.1, 0.15) is 5.56 Å². The minimum atomic E-state index is -4.73. The molecule has 2 aromatic rings. The van der Waals surface area contributed by atoms with Crippen LogP contribution in [0.2, 0.25) is 0 Å². The number of aromatic hydroxyl groups is 2. The Morgan fingerprint density at radius 2 is 1.50 bits per heavy atom. The van der Waals surface area contributed by atoms with Crippen LogP contribution in [0.3, 0.4) is 0 Å². The summed E-state index contributed by atoms with van der Waals surface area (Å²) in [5.41, 5.74) is 8.77. The zero-order valence-electron chi connectivity index (χ0n) is 10.1. The number of phenols is 2. The van der Waals surface area contributed by atoms with E-state index in [-0.39, 0.29) is 22.6 Å². The molecule has 2 aromatic carbocycles. The van der Waals surface area contributed by atoms with Crippen LogP contribution in [0.25, 0.3) is 11.1 Å². The molecule has 4 nitrogen and oxygen atoms in total. The van der Waals surface area contributed by atoms with Gasteiger partial charge in [-0.3, -0.25) is 0 Å². The number of benzene rings is 2. The molecule has 20 heavy (non-hydrogen) atoms. The summed E-state index contributed by atoms with van der Waals surface area (Å²) >= 11 is 0. The van der Waals surface area contributed by atoms with E-state index in [0.29, 0.717) is 0 Å². The number of nitrogens with two attached hydrogens (primary N) is 2. The van der Waals surface area contributed by atoms with E-state index < -0.39 is 23.2 Å². The molecule has 0 heterocycles. The summed E-state index contributed by atoms with van der Waals surface area (Å²) in [4.78, 5) is 0. The highest BCUT2D eigenvalue weighted by Crippen LogP contribution is 2.44. The molecule has 106 valence electrons. The smallest absolute Gasteiger partial charge is 0.419 e. The number of halogens is 3. The molecule has 0 aliphatic heterocycles. The van der Waals surface area contributed by atoms with Crippen molar-refractivity contribution < 1.29 is 23.4 Å². The molecule has 2 rings (SSSR count). The SMILES string of the molecule is Nc1cc(-c2ccc(O)c(N)c2C(F)(F)F)ccc1O. The summed E-state index contributed by atoms with van der Waals surface area (Å²) in [6.45, 7) is 0. The van der Waals surface area contributed by atoms with Gasteiger partial charge in [0.25, 0.3) is 0 Å². The van der Waals surface area contributed by atoms with Crippen molar-refractivity contribution in [2.75, 3.05) is 11.5 Å². The van der Waals surface area contributed by atoms with E-state index in [0.717, 1.165) is 12.1 Å². The third-order valence-electron chi connectivity index (χ3n) is 2.84. The largest absolute Gasteiger partial charge is 0.506 e. The molecule has 0 atom stereocenters. The average Bonchev–Trinajstić information content (AvgIpc) is 2.34. The second-order valence-corrected chi connectivity index (χ2v) is 4.19. The lowest BCUT2D eigenvalue weighted by Gasteiger charge is -2.16. The van der Waals surface area contributed by atoms with Gasteiger partial charge in [-0.2, -0.15) is 13.2 Å². The second kappa shape index (κ2) is 4.52. The van der Waals surface area contributed by atoms with Crippen molar-refractivity contribution in [2.24, 2.45) is 0 Å². The summed E-state index contributed by atoms with van der Waals surface area (Å²) in [6.07, 6.45) is -4.73. The molecule has 0 fully saturated rings. The van der Waals surface area contributed by atoms with Gasteiger partial charge in [-0.05, 0) is 35.4 Å². The molecule has 0 spiro atoms. The zero-order chi connectivity index (χ0) is 15.1. The number of phenolic OH excluding ortho intramolecular Hbond substituents is 2. The molecule has 0 aromatic heterocycles. The van der Waals surface area contributed by atoms with Gasteiger partial charge in [-0.15, -0.1) is 0 Å². The fraction of sp³-hybridized carbons (Fsp3) is 0.0769. The number of nitrogen functional groups attached to an aromatic ring is 2. The van der Waals surface area contributed by atoms with E-state index >= 15 is 0 Å². The van der Waals surface area contributed by atoms with Crippen LogP contribution in [0.5, 0.6) is 11.5 Å². The Labute approximate surface area is 112 Å². The van der Waals surface area contributed by atoms with Crippen molar-refractivity contribution in [1.29, 1.82) is 0 Å². The highest BCUT2D eigenvalue weighted by molar-refractivity contribution is 5.79. The fourth-order valence-electron chi connectivity index (χ4n) is 1.88. The maximum Gasteiger partial charge on any atom is 0.419 e. The maximum absolute atomic E-state index is 13.1. The summed E-state index contributed by atoms with van der Waals surface area (Å²) in [5, 5.41) is 18.7. The first kappa shape index (κ1) is 13.9. The van der Waals surface area contributed by atoms with Crippen LogP contribution in [-0.2, 0) is 6.18 Å². The summed E-state index contributed by atoms with van der Waals surface area (Å²) < 4.78 is 39.2. The molecule has 0 radical (unpaired) electrons. The Hall–Kier alpha value is -2.57. The van der Waals surface area contributed by atoms with Gasteiger partial charge in [-0.1, -0.05) is 6.07 Å². The lowest BCUT2D eigenvalue weighted by molar-refractivity contribution is -0.136. The molecule has 0 aliphatic rings. The fourth-order valence-corrected chi connectivity index (χ4v) is 1.88. The van der Waals surface area contributed by atoms with Crippen molar-refractivity contribution in [3.63, 3.8) is 0 Å². The van der Waals surface area contributed by atoms with Crippen molar-refractivity contribution in [1.82, 2.24) is 0 Å². The first-order valence-corrected chi connectivity index (χ1v) is 5.49. The maximum atomic E-state index is 13.1. The lowest BCUT2D eigenvalue weighted by Crippen LogP contribution is -2.11. The molecule has 0 saturated heterocycles. The third-order valence-corrected chi connectivity index (χ3v) is 2.84. The van der Waals surface area contributed by atoms with E-state index in [2.05, 4.69) is 0 Å². The van der Waals surface area contributed by atoms with Crippen molar-refractivity contribution in [3.8, 4) is 22.6 Å². The van der Waals surface area contributed by atoms with Crippen LogP contribution < -0.4 is 11.5 Å². The van der Waals surface area contributed by atoms with Gasteiger partial charge in [-0.25, -0.2) is 0 Å². The molecule has 0 unspecified atom stereocenters. The van der Waals surface area contributed by atoms with E-state index in [4.69, 9.17) is 11.5 Å². The van der Waals surface area contributed by atoms with Gasteiger partial charge in [0.05, 0.1) is 16.9 Å². The molecule has 0 aliphatic carbocycles. The van der Waals surface area contributed by atoms with E-state index in [9.17, 15) is 23.4 Å². The molecule has 6 N–H and O–H groups in total. The summed E-state index contributed by atoms with van der Waals surface area (Å²) in [6, 6.07) is 5.85. The normalized spacial score (nSPS) is 11.6. The van der Waals surface area contributed by atoms with Gasteiger partial charge < -0.3 is 21.7 Å². The third kappa shape index (κ3) is 2.29. The number of anilines is 2. The standard InChI is InChI=1S/C13H11F3N2O2/c14-13(15,16)11-7(2-4-10(20)12(11)18)6-1-3-9(19)8(17)5-6/h1-5,19-20H,17-18H2. The zero-order valence-corrected chi connectivity index (χ0v) is 10.1. The van der Waals surface area contributed by atoms with Gasteiger partial charge in [0.2, 0.25) is 0 Å². The van der Waals surface area contributed by atoms with Crippen molar-refractivity contribution >= 4 is 11.4 Å². The molecular weight excluding hydrogens is 273 g/mol. The first-order valence-electron chi connectivity index (χ1n) is 5.49. The average molecular weight is 284 g/mol. The minimum Gasteiger partial charge on any atom is -0.506 e. The first-order chi connectivity index (χ1) is 9.21. The Kier molecular flexibility index (Phi) is 3.13. The van der Waals surface area contributed by atoms with Crippen LogP contribution in [0.15, 0.2) is 30.3 Å². The van der Waals surface area contributed by atoms with Crippen LogP contribution >= 0.6 is 0 Å². The molecular formula is C13H11F3N2O2. The number of rotatable bonds is 1. The summed E-state index contributed by atoms with van der Waals surface area (Å²) in [5.74, 6) is -0.873. The van der Waals surface area contributed by atoms with Gasteiger partial charge >= 0.3 is 6.18 Å². The topological polar surface area (TPSA) is 92.5 Å². The van der Waals surface area contributed by atoms with E-state index in [1.54, 1.807) is 0 Å². The van der Waals surface area contributed by atoms with Crippen molar-refractivity contribution in [2.45, 2.75) is 6.18 Å². The summed E-state index contributed by atoms with van der Waals surface area (Å²) in [7, 11) is 0. The van der Waals surface area contributed by atoms with Gasteiger partial charge in [0.1, 0.15) is 11.5 Å². The predicted octanol–water partition coefficient (Wildman–Crippen LogP) is 2.95. The molecule has 0 saturated carbocycles. The Morgan fingerprint density at radius 1 is 0.900 bits per heavy atom. The number of hydrogen-bond acceptors (Lipinski definition) is 4. The Bertz CT molecular complexity index is 669. The van der Waals surface area contributed by atoms with E-state index in [1.165, 1.54) is 18.2 Å². The monoisotopic (exact) mass is 284 g/mol. The van der Waals surface area contributed by atoms with Crippen molar-refractivity contribution in [3.05, 3.63) is 35.9 Å². The molecule has 0 amide bonds. The Morgan fingerprint density at radius 3 is 2.05 bits per heavy atom. The minimum absolute atomic E-state index is 0.0535.